The van der Waals surface area contributed by atoms with Gasteiger partial charge in [0.1, 0.15) is 5.82 Å². The summed E-state index contributed by atoms with van der Waals surface area (Å²) in [5.41, 5.74) is 4.23. The van der Waals surface area contributed by atoms with E-state index in [1.54, 1.807) is 0 Å². The van der Waals surface area contributed by atoms with Crippen LogP contribution in [0.4, 0.5) is 5.69 Å². The maximum absolute atomic E-state index is 12.6. The first kappa shape index (κ1) is 15.6. The molecule has 25 heavy (non-hydrogen) atoms. The van der Waals surface area contributed by atoms with Gasteiger partial charge in [0.25, 0.3) is 0 Å². The average molecular weight is 331 g/mol. The Morgan fingerprint density at radius 1 is 1.20 bits per heavy atom. The summed E-state index contributed by atoms with van der Waals surface area (Å²) in [5, 5.41) is 0. The Labute approximate surface area is 147 Å². The number of anilines is 1. The summed E-state index contributed by atoms with van der Waals surface area (Å²) in [7, 11) is 0. The molecule has 1 amide bonds. The fourth-order valence-corrected chi connectivity index (χ4v) is 3.58. The van der Waals surface area contributed by atoms with E-state index in [1.807, 2.05) is 53.4 Å². The zero-order valence-corrected chi connectivity index (χ0v) is 14.4. The Hall–Kier alpha value is -2.88. The van der Waals surface area contributed by atoms with Gasteiger partial charge in [-0.3, -0.25) is 4.79 Å². The number of fused-ring (bicyclic) bond motifs is 1. The van der Waals surface area contributed by atoms with Gasteiger partial charge in [0, 0.05) is 31.1 Å². The zero-order valence-electron chi connectivity index (χ0n) is 14.4. The Morgan fingerprint density at radius 3 is 2.72 bits per heavy atom. The topological polar surface area (TPSA) is 38.1 Å². The van der Waals surface area contributed by atoms with E-state index < -0.39 is 0 Å². The number of amides is 1. The molecule has 1 atom stereocenters. The van der Waals surface area contributed by atoms with E-state index in [0.717, 1.165) is 22.5 Å². The zero-order chi connectivity index (χ0) is 17.4. The number of nitrogens with zero attached hydrogens (tertiary/aromatic N) is 3. The summed E-state index contributed by atoms with van der Waals surface area (Å²) >= 11 is 0. The lowest BCUT2D eigenvalue weighted by Crippen LogP contribution is -2.24. The molecule has 1 fully saturated rings. The van der Waals surface area contributed by atoms with Crippen molar-refractivity contribution in [2.75, 3.05) is 11.4 Å². The minimum atomic E-state index is 0.0983. The van der Waals surface area contributed by atoms with E-state index >= 15 is 0 Å². The van der Waals surface area contributed by atoms with Crippen LogP contribution in [0.3, 0.4) is 0 Å². The number of carbonyl (C=O) groups is 1. The standard InChI is InChI=1S/C21H21N3O/c1-3-12-23-19-7-5-4-6-18(19)22-21(23)16-13-20(25)24(14-16)17-10-8-15(2)9-11-17/h3-11,16H,1,12-14H2,2H3/t16-/m0/s1. The summed E-state index contributed by atoms with van der Waals surface area (Å²) in [6.45, 7) is 7.29. The number of aromatic nitrogens is 2. The summed E-state index contributed by atoms with van der Waals surface area (Å²) in [4.78, 5) is 19.3. The number of allylic oxidation sites excluding steroid dienone is 1. The van der Waals surface area contributed by atoms with E-state index in [1.165, 1.54) is 5.56 Å². The van der Waals surface area contributed by atoms with Crippen LogP contribution in [0, 0.1) is 6.92 Å². The molecule has 2 heterocycles. The van der Waals surface area contributed by atoms with Crippen LogP contribution in [0.2, 0.25) is 0 Å². The summed E-state index contributed by atoms with van der Waals surface area (Å²) in [6.07, 6.45) is 2.38. The molecular weight excluding hydrogens is 310 g/mol. The predicted molar refractivity (Wildman–Crippen MR) is 101 cm³/mol. The van der Waals surface area contributed by atoms with E-state index in [2.05, 4.69) is 24.1 Å². The highest BCUT2D eigenvalue weighted by Crippen LogP contribution is 2.33. The van der Waals surface area contributed by atoms with Crippen molar-refractivity contribution in [1.29, 1.82) is 0 Å². The molecule has 0 saturated carbocycles. The highest BCUT2D eigenvalue weighted by atomic mass is 16.2. The first-order valence-corrected chi connectivity index (χ1v) is 8.60. The molecule has 1 aliphatic heterocycles. The van der Waals surface area contributed by atoms with Crippen LogP contribution in [-0.2, 0) is 11.3 Å². The predicted octanol–water partition coefficient (Wildman–Crippen LogP) is 4.05. The second-order valence-corrected chi connectivity index (χ2v) is 6.60. The normalized spacial score (nSPS) is 17.4. The van der Waals surface area contributed by atoms with Crippen LogP contribution in [0.25, 0.3) is 11.0 Å². The quantitative estimate of drug-likeness (QED) is 0.676. The average Bonchev–Trinajstić information content (AvgIpc) is 3.17. The number of rotatable bonds is 4. The third-order valence-electron chi connectivity index (χ3n) is 4.83. The lowest BCUT2D eigenvalue weighted by Gasteiger charge is -2.17. The Balaban J connectivity index is 1.70. The van der Waals surface area contributed by atoms with Crippen molar-refractivity contribution in [1.82, 2.24) is 9.55 Å². The minimum absolute atomic E-state index is 0.0983. The van der Waals surface area contributed by atoms with Gasteiger partial charge in [0.15, 0.2) is 0 Å². The Morgan fingerprint density at radius 2 is 1.96 bits per heavy atom. The van der Waals surface area contributed by atoms with Crippen LogP contribution in [-0.4, -0.2) is 22.0 Å². The van der Waals surface area contributed by atoms with Crippen molar-refractivity contribution in [3.8, 4) is 0 Å². The molecule has 0 N–H and O–H groups in total. The van der Waals surface area contributed by atoms with Gasteiger partial charge in [-0.2, -0.15) is 0 Å². The molecule has 3 aromatic rings. The van der Waals surface area contributed by atoms with E-state index in [4.69, 9.17) is 4.98 Å². The SMILES string of the molecule is C=CCn1c([C@H]2CC(=O)N(c3ccc(C)cc3)C2)nc2ccccc21. The highest BCUT2D eigenvalue weighted by molar-refractivity contribution is 5.96. The van der Waals surface area contributed by atoms with Gasteiger partial charge in [0.2, 0.25) is 5.91 Å². The van der Waals surface area contributed by atoms with Crippen LogP contribution in [0.5, 0.6) is 0 Å². The van der Waals surface area contributed by atoms with Crippen LogP contribution >= 0.6 is 0 Å². The number of carbonyl (C=O) groups excluding carboxylic acids is 1. The van der Waals surface area contributed by atoms with E-state index in [-0.39, 0.29) is 11.8 Å². The number of aryl methyl sites for hydroxylation is 1. The second kappa shape index (κ2) is 6.20. The van der Waals surface area contributed by atoms with Gasteiger partial charge in [-0.05, 0) is 31.2 Å². The van der Waals surface area contributed by atoms with Gasteiger partial charge in [0.05, 0.1) is 11.0 Å². The molecule has 1 saturated heterocycles. The van der Waals surface area contributed by atoms with E-state index in [9.17, 15) is 4.79 Å². The molecular formula is C21H21N3O. The molecule has 0 aliphatic carbocycles. The van der Waals surface area contributed by atoms with Crippen molar-refractivity contribution >= 4 is 22.6 Å². The van der Waals surface area contributed by atoms with Crippen LogP contribution in [0.15, 0.2) is 61.2 Å². The molecule has 126 valence electrons. The molecule has 0 radical (unpaired) electrons. The first-order chi connectivity index (χ1) is 12.2. The maximum Gasteiger partial charge on any atom is 0.227 e. The Bertz CT molecular complexity index is 939. The molecule has 2 aromatic carbocycles. The van der Waals surface area contributed by atoms with Crippen molar-refractivity contribution in [3.63, 3.8) is 0 Å². The van der Waals surface area contributed by atoms with E-state index in [0.29, 0.717) is 19.5 Å². The second-order valence-electron chi connectivity index (χ2n) is 6.60. The minimum Gasteiger partial charge on any atom is -0.324 e. The van der Waals surface area contributed by atoms with Crippen molar-refractivity contribution in [3.05, 3.63) is 72.6 Å². The summed E-state index contributed by atoms with van der Waals surface area (Å²) in [5.74, 6) is 1.23. The lowest BCUT2D eigenvalue weighted by atomic mass is 10.1. The molecule has 1 aromatic heterocycles. The third kappa shape index (κ3) is 2.74. The molecule has 0 unspecified atom stereocenters. The van der Waals surface area contributed by atoms with Gasteiger partial charge in [-0.25, -0.2) is 4.98 Å². The van der Waals surface area contributed by atoms with Crippen LogP contribution < -0.4 is 4.90 Å². The van der Waals surface area contributed by atoms with Gasteiger partial charge in [-0.15, -0.1) is 6.58 Å². The fraction of sp³-hybridized carbons (Fsp3) is 0.238. The van der Waals surface area contributed by atoms with Crippen molar-refractivity contribution in [2.45, 2.75) is 25.8 Å². The highest BCUT2D eigenvalue weighted by Gasteiger charge is 2.34. The number of hydrogen-bond acceptors (Lipinski definition) is 2. The van der Waals surface area contributed by atoms with Crippen LogP contribution in [0.1, 0.15) is 23.7 Å². The maximum atomic E-state index is 12.6. The monoisotopic (exact) mass is 331 g/mol. The summed E-state index contributed by atoms with van der Waals surface area (Å²) in [6, 6.07) is 16.2. The lowest BCUT2D eigenvalue weighted by molar-refractivity contribution is -0.117. The molecule has 4 rings (SSSR count). The molecule has 0 spiro atoms. The Kier molecular flexibility index (Phi) is 3.88. The smallest absolute Gasteiger partial charge is 0.227 e. The number of hydrogen-bond donors (Lipinski definition) is 0. The summed E-state index contributed by atoms with van der Waals surface area (Å²) < 4.78 is 2.18. The molecule has 1 aliphatic rings. The van der Waals surface area contributed by atoms with Gasteiger partial charge in [-0.1, -0.05) is 35.9 Å². The number of para-hydroxylation sites is 2. The third-order valence-corrected chi connectivity index (χ3v) is 4.83. The molecule has 0 bridgehead atoms. The van der Waals surface area contributed by atoms with Gasteiger partial charge < -0.3 is 9.47 Å². The molecule has 4 heteroatoms. The molecule has 4 nitrogen and oxygen atoms in total. The van der Waals surface area contributed by atoms with Crippen molar-refractivity contribution in [2.24, 2.45) is 0 Å². The first-order valence-electron chi connectivity index (χ1n) is 8.60. The number of imidazole rings is 1. The van der Waals surface area contributed by atoms with Gasteiger partial charge >= 0.3 is 0 Å². The fourth-order valence-electron chi connectivity index (χ4n) is 3.58. The largest absolute Gasteiger partial charge is 0.324 e. The van der Waals surface area contributed by atoms with Crippen molar-refractivity contribution < 1.29 is 4.79 Å². The number of benzene rings is 2.